The van der Waals surface area contributed by atoms with Crippen molar-refractivity contribution in [2.24, 2.45) is 7.05 Å². The SMILES string of the molecule is Cc1ocnc1C(=O)N1CCC(c2nnc(CN3CCCCCC3)n2C)CC1. The Balaban J connectivity index is 1.36. The van der Waals surface area contributed by atoms with Crippen LogP contribution in [0.5, 0.6) is 0 Å². The van der Waals surface area contributed by atoms with Crippen molar-refractivity contribution >= 4 is 5.91 Å². The number of likely N-dealkylation sites (tertiary alicyclic amines) is 2. The predicted molar refractivity (Wildman–Crippen MR) is 104 cm³/mol. The lowest BCUT2D eigenvalue weighted by atomic mass is 9.95. The van der Waals surface area contributed by atoms with Crippen LogP contribution in [-0.2, 0) is 13.6 Å². The summed E-state index contributed by atoms with van der Waals surface area (Å²) in [4.78, 5) is 21.0. The number of piperidine rings is 1. The van der Waals surface area contributed by atoms with Crippen LogP contribution in [-0.4, -0.2) is 61.6 Å². The van der Waals surface area contributed by atoms with Crippen LogP contribution in [0.2, 0.25) is 0 Å². The fourth-order valence-electron chi connectivity index (χ4n) is 4.36. The molecular weight excluding hydrogens is 356 g/mol. The van der Waals surface area contributed by atoms with Gasteiger partial charge in [-0.15, -0.1) is 10.2 Å². The molecule has 8 nitrogen and oxygen atoms in total. The first kappa shape index (κ1) is 19.1. The van der Waals surface area contributed by atoms with E-state index in [0.29, 0.717) is 30.5 Å². The second-order valence-corrected chi connectivity index (χ2v) is 8.05. The highest BCUT2D eigenvalue weighted by Gasteiger charge is 2.29. The van der Waals surface area contributed by atoms with Crippen molar-refractivity contribution in [2.75, 3.05) is 26.2 Å². The molecule has 4 rings (SSSR count). The molecule has 0 atom stereocenters. The summed E-state index contributed by atoms with van der Waals surface area (Å²) in [5.41, 5.74) is 0.428. The van der Waals surface area contributed by atoms with Gasteiger partial charge in [0.1, 0.15) is 17.4 Å². The Morgan fingerprint density at radius 1 is 1.11 bits per heavy atom. The standard InChI is InChI=1S/C20H30N6O2/c1-15-18(21-14-28-15)20(27)26-11-7-16(8-12-26)19-23-22-17(24(19)2)13-25-9-5-3-4-6-10-25/h14,16H,3-13H2,1-2H3. The molecule has 28 heavy (non-hydrogen) atoms. The van der Waals surface area contributed by atoms with Crippen LogP contribution in [0.25, 0.3) is 0 Å². The fourth-order valence-corrected chi connectivity index (χ4v) is 4.36. The molecule has 4 heterocycles. The van der Waals surface area contributed by atoms with Gasteiger partial charge in [0, 0.05) is 26.1 Å². The number of aryl methyl sites for hydroxylation is 1. The largest absolute Gasteiger partial charge is 0.448 e. The third-order valence-electron chi connectivity index (χ3n) is 6.16. The molecule has 152 valence electrons. The summed E-state index contributed by atoms with van der Waals surface area (Å²) in [6.07, 6.45) is 8.37. The van der Waals surface area contributed by atoms with Crippen LogP contribution in [0, 0.1) is 6.92 Å². The first-order chi connectivity index (χ1) is 13.6. The number of carbonyl (C=O) groups excluding carboxylic acids is 1. The lowest BCUT2D eigenvalue weighted by molar-refractivity contribution is 0.0703. The molecule has 0 spiro atoms. The maximum Gasteiger partial charge on any atom is 0.276 e. The molecule has 2 aliphatic heterocycles. The molecule has 2 saturated heterocycles. The monoisotopic (exact) mass is 386 g/mol. The van der Waals surface area contributed by atoms with E-state index in [-0.39, 0.29) is 5.91 Å². The van der Waals surface area contributed by atoms with Gasteiger partial charge in [0.15, 0.2) is 12.1 Å². The van der Waals surface area contributed by atoms with E-state index in [0.717, 1.165) is 44.1 Å². The minimum absolute atomic E-state index is 0.0375. The highest BCUT2D eigenvalue weighted by Crippen LogP contribution is 2.28. The van der Waals surface area contributed by atoms with Gasteiger partial charge >= 0.3 is 0 Å². The molecule has 8 heteroatoms. The van der Waals surface area contributed by atoms with E-state index >= 15 is 0 Å². The van der Waals surface area contributed by atoms with Gasteiger partial charge in [-0.05, 0) is 45.7 Å². The fraction of sp³-hybridized carbons (Fsp3) is 0.700. The minimum Gasteiger partial charge on any atom is -0.448 e. The average Bonchev–Trinajstić information content (AvgIpc) is 3.19. The maximum atomic E-state index is 12.6. The van der Waals surface area contributed by atoms with E-state index < -0.39 is 0 Å². The summed E-state index contributed by atoms with van der Waals surface area (Å²) >= 11 is 0. The van der Waals surface area contributed by atoms with E-state index in [1.165, 1.54) is 32.1 Å². The molecule has 2 aromatic heterocycles. The topological polar surface area (TPSA) is 80.3 Å². The van der Waals surface area contributed by atoms with Gasteiger partial charge in [-0.1, -0.05) is 12.8 Å². The summed E-state index contributed by atoms with van der Waals surface area (Å²) in [7, 11) is 2.08. The molecule has 1 amide bonds. The van der Waals surface area contributed by atoms with Gasteiger partial charge in [-0.25, -0.2) is 4.98 Å². The highest BCUT2D eigenvalue weighted by molar-refractivity contribution is 5.93. The van der Waals surface area contributed by atoms with Gasteiger partial charge in [-0.2, -0.15) is 0 Å². The molecular formula is C20H30N6O2. The zero-order valence-corrected chi connectivity index (χ0v) is 16.9. The number of rotatable bonds is 4. The quantitative estimate of drug-likeness (QED) is 0.803. The Hall–Kier alpha value is -2.22. The lowest BCUT2D eigenvalue weighted by Gasteiger charge is -2.31. The highest BCUT2D eigenvalue weighted by atomic mass is 16.3. The molecule has 0 N–H and O–H groups in total. The zero-order chi connectivity index (χ0) is 19.5. The van der Waals surface area contributed by atoms with Crippen LogP contribution in [0.1, 0.15) is 72.3 Å². The first-order valence-electron chi connectivity index (χ1n) is 10.4. The Morgan fingerprint density at radius 3 is 2.46 bits per heavy atom. The van der Waals surface area contributed by atoms with Crippen LogP contribution >= 0.6 is 0 Å². The minimum atomic E-state index is -0.0375. The number of carbonyl (C=O) groups is 1. The van der Waals surface area contributed by atoms with E-state index in [1.54, 1.807) is 6.92 Å². The third kappa shape index (κ3) is 3.97. The summed E-state index contributed by atoms with van der Waals surface area (Å²) < 4.78 is 7.35. The summed E-state index contributed by atoms with van der Waals surface area (Å²) in [6.45, 7) is 6.40. The molecule has 0 radical (unpaired) electrons. The molecule has 0 saturated carbocycles. The van der Waals surface area contributed by atoms with E-state index in [9.17, 15) is 4.79 Å². The van der Waals surface area contributed by atoms with Gasteiger partial charge in [0.2, 0.25) is 0 Å². The molecule has 2 fully saturated rings. The van der Waals surface area contributed by atoms with Gasteiger partial charge in [-0.3, -0.25) is 9.69 Å². The molecule has 2 aromatic rings. The third-order valence-corrected chi connectivity index (χ3v) is 6.16. The Morgan fingerprint density at radius 2 is 1.82 bits per heavy atom. The van der Waals surface area contributed by atoms with Crippen molar-refractivity contribution in [3.05, 3.63) is 29.5 Å². The van der Waals surface area contributed by atoms with Crippen molar-refractivity contribution in [3.63, 3.8) is 0 Å². The second-order valence-electron chi connectivity index (χ2n) is 8.05. The molecule has 0 aliphatic carbocycles. The van der Waals surface area contributed by atoms with E-state index in [2.05, 4.69) is 31.7 Å². The molecule has 0 unspecified atom stereocenters. The average molecular weight is 387 g/mol. The van der Waals surface area contributed by atoms with Crippen LogP contribution in [0.15, 0.2) is 10.8 Å². The Labute approximate surface area is 165 Å². The van der Waals surface area contributed by atoms with Crippen LogP contribution in [0.3, 0.4) is 0 Å². The maximum absolute atomic E-state index is 12.6. The summed E-state index contributed by atoms with van der Waals surface area (Å²) in [6, 6.07) is 0. The summed E-state index contributed by atoms with van der Waals surface area (Å²) in [5.74, 6) is 2.99. The van der Waals surface area contributed by atoms with Crippen molar-refractivity contribution in [3.8, 4) is 0 Å². The van der Waals surface area contributed by atoms with E-state index in [4.69, 9.17) is 4.42 Å². The second kappa shape index (κ2) is 8.43. The number of oxazole rings is 1. The molecule has 0 bridgehead atoms. The molecule has 2 aliphatic rings. The number of nitrogens with zero attached hydrogens (tertiary/aromatic N) is 6. The van der Waals surface area contributed by atoms with Crippen LogP contribution < -0.4 is 0 Å². The molecule has 0 aromatic carbocycles. The van der Waals surface area contributed by atoms with E-state index in [1.807, 2.05) is 4.90 Å². The Kier molecular flexibility index (Phi) is 5.75. The van der Waals surface area contributed by atoms with Crippen molar-refractivity contribution in [1.82, 2.24) is 29.5 Å². The zero-order valence-electron chi connectivity index (χ0n) is 16.9. The van der Waals surface area contributed by atoms with Gasteiger partial charge < -0.3 is 13.9 Å². The van der Waals surface area contributed by atoms with Gasteiger partial charge in [0.05, 0.1) is 6.54 Å². The number of amides is 1. The normalized spacial score (nSPS) is 19.7. The van der Waals surface area contributed by atoms with Crippen molar-refractivity contribution < 1.29 is 9.21 Å². The first-order valence-corrected chi connectivity index (χ1v) is 10.4. The number of hydrogen-bond donors (Lipinski definition) is 0. The smallest absolute Gasteiger partial charge is 0.276 e. The lowest BCUT2D eigenvalue weighted by Crippen LogP contribution is -2.38. The van der Waals surface area contributed by atoms with Crippen molar-refractivity contribution in [1.29, 1.82) is 0 Å². The van der Waals surface area contributed by atoms with Crippen molar-refractivity contribution in [2.45, 2.75) is 57.9 Å². The number of aromatic nitrogens is 4. The predicted octanol–water partition coefficient (Wildman–Crippen LogP) is 2.51. The Bertz CT molecular complexity index is 797. The summed E-state index contributed by atoms with van der Waals surface area (Å²) in [5, 5.41) is 9.01. The van der Waals surface area contributed by atoms with Gasteiger partial charge in [0.25, 0.3) is 5.91 Å². The van der Waals surface area contributed by atoms with Crippen LogP contribution in [0.4, 0.5) is 0 Å². The number of hydrogen-bond acceptors (Lipinski definition) is 6.